The Bertz CT molecular complexity index is 518. The van der Waals surface area contributed by atoms with Crippen molar-refractivity contribution < 1.29 is 4.42 Å². The number of nitrogens with one attached hydrogen (secondary N) is 1. The maximum absolute atomic E-state index is 5.56. The van der Waals surface area contributed by atoms with Crippen LogP contribution in [0.15, 0.2) is 27.3 Å². The zero-order chi connectivity index (χ0) is 13.1. The molecule has 2 aromatic rings. The second kappa shape index (κ2) is 5.71. The van der Waals surface area contributed by atoms with Crippen LogP contribution in [0.1, 0.15) is 37.0 Å². The Balaban J connectivity index is 2.44. The summed E-state index contributed by atoms with van der Waals surface area (Å²) in [6.07, 6.45) is 2.63. The molecule has 0 bridgehead atoms. The molecule has 1 N–H and O–H groups in total. The summed E-state index contributed by atoms with van der Waals surface area (Å²) in [4.78, 5) is 0. The molecule has 0 aliphatic rings. The molecule has 0 aliphatic heterocycles. The first kappa shape index (κ1) is 13.4. The van der Waals surface area contributed by atoms with E-state index in [4.69, 9.17) is 4.42 Å². The highest BCUT2D eigenvalue weighted by molar-refractivity contribution is 9.10. The first-order chi connectivity index (χ1) is 8.71. The Labute approximate surface area is 115 Å². The molecular formula is C13H18BrN3O. The molecule has 2 aromatic heterocycles. The number of hydrogen-bond donors (Lipinski definition) is 1. The van der Waals surface area contributed by atoms with E-state index in [0.717, 1.165) is 34.6 Å². The molecule has 0 saturated carbocycles. The number of aryl methyl sites for hydroxylation is 2. The predicted molar refractivity (Wildman–Crippen MR) is 74.6 cm³/mol. The van der Waals surface area contributed by atoms with Gasteiger partial charge in [-0.05, 0) is 48.5 Å². The van der Waals surface area contributed by atoms with Crippen molar-refractivity contribution in [1.82, 2.24) is 15.1 Å². The van der Waals surface area contributed by atoms with Crippen molar-refractivity contribution in [3.8, 4) is 0 Å². The molecule has 0 saturated heterocycles. The van der Waals surface area contributed by atoms with Gasteiger partial charge in [-0.1, -0.05) is 6.92 Å². The van der Waals surface area contributed by atoms with Gasteiger partial charge in [0.25, 0.3) is 0 Å². The average molecular weight is 312 g/mol. The van der Waals surface area contributed by atoms with Crippen LogP contribution < -0.4 is 5.32 Å². The lowest BCUT2D eigenvalue weighted by molar-refractivity contribution is 0.441. The number of aromatic nitrogens is 2. The van der Waals surface area contributed by atoms with Crippen molar-refractivity contribution in [3.63, 3.8) is 0 Å². The van der Waals surface area contributed by atoms with E-state index in [1.54, 1.807) is 6.26 Å². The fraction of sp³-hybridized carbons (Fsp3) is 0.462. The minimum Gasteiger partial charge on any atom is -0.466 e. The van der Waals surface area contributed by atoms with Gasteiger partial charge in [-0.2, -0.15) is 5.10 Å². The maximum atomic E-state index is 5.56. The van der Waals surface area contributed by atoms with E-state index >= 15 is 0 Å². The van der Waals surface area contributed by atoms with Gasteiger partial charge < -0.3 is 9.73 Å². The van der Waals surface area contributed by atoms with Crippen LogP contribution in [0.5, 0.6) is 0 Å². The van der Waals surface area contributed by atoms with Gasteiger partial charge in [0.05, 0.1) is 22.1 Å². The molecule has 18 heavy (non-hydrogen) atoms. The first-order valence-corrected chi connectivity index (χ1v) is 6.97. The van der Waals surface area contributed by atoms with Crippen LogP contribution in [0.3, 0.4) is 0 Å². The van der Waals surface area contributed by atoms with Crippen molar-refractivity contribution in [2.75, 3.05) is 7.05 Å². The zero-order valence-corrected chi connectivity index (χ0v) is 12.5. The average Bonchev–Trinajstić information content (AvgIpc) is 2.98. The zero-order valence-electron chi connectivity index (χ0n) is 10.9. The van der Waals surface area contributed by atoms with E-state index in [9.17, 15) is 0 Å². The lowest BCUT2D eigenvalue weighted by Crippen LogP contribution is -2.21. The number of furan rings is 1. The molecule has 0 fully saturated rings. The van der Waals surface area contributed by atoms with Crippen molar-refractivity contribution in [1.29, 1.82) is 0 Å². The Hall–Kier alpha value is -1.07. The molecule has 98 valence electrons. The molecule has 0 spiro atoms. The second-order valence-electron chi connectivity index (χ2n) is 4.08. The van der Waals surface area contributed by atoms with Gasteiger partial charge in [0.2, 0.25) is 0 Å². The van der Waals surface area contributed by atoms with Crippen LogP contribution >= 0.6 is 15.9 Å². The smallest absolute Gasteiger partial charge is 0.140 e. The van der Waals surface area contributed by atoms with Crippen molar-refractivity contribution in [3.05, 3.63) is 40.0 Å². The standard InChI is InChI=1S/C13H18BrN3O/c1-4-9-8-11(17(5-2)16-9)12(15-3)13-10(14)6-7-18-13/h6-8,12,15H,4-5H2,1-3H3. The summed E-state index contributed by atoms with van der Waals surface area (Å²) in [7, 11) is 1.93. The summed E-state index contributed by atoms with van der Waals surface area (Å²) in [5, 5.41) is 7.86. The molecule has 2 rings (SSSR count). The number of rotatable bonds is 5. The fourth-order valence-corrected chi connectivity index (χ4v) is 2.50. The molecule has 0 amide bonds. The third-order valence-electron chi connectivity index (χ3n) is 3.01. The second-order valence-corrected chi connectivity index (χ2v) is 4.94. The lowest BCUT2D eigenvalue weighted by Gasteiger charge is -2.15. The van der Waals surface area contributed by atoms with Gasteiger partial charge >= 0.3 is 0 Å². The highest BCUT2D eigenvalue weighted by Crippen LogP contribution is 2.29. The van der Waals surface area contributed by atoms with Crippen LogP contribution in [0.4, 0.5) is 0 Å². The number of halogens is 1. The minimum atomic E-state index is 0.0159. The molecule has 0 aliphatic carbocycles. The number of hydrogen-bond acceptors (Lipinski definition) is 3. The SMILES string of the molecule is CCc1cc(C(NC)c2occc2Br)n(CC)n1. The van der Waals surface area contributed by atoms with E-state index in [1.165, 1.54) is 0 Å². The summed E-state index contributed by atoms with van der Waals surface area (Å²) in [5.74, 6) is 0.884. The minimum absolute atomic E-state index is 0.0159. The van der Waals surface area contributed by atoms with E-state index in [-0.39, 0.29) is 6.04 Å². The van der Waals surface area contributed by atoms with Crippen LogP contribution in [0.25, 0.3) is 0 Å². The molecule has 0 aromatic carbocycles. The third kappa shape index (κ3) is 2.37. The third-order valence-corrected chi connectivity index (χ3v) is 3.67. The van der Waals surface area contributed by atoms with E-state index in [2.05, 4.69) is 46.3 Å². The van der Waals surface area contributed by atoms with Gasteiger partial charge in [0, 0.05) is 6.54 Å². The maximum Gasteiger partial charge on any atom is 0.140 e. The molecule has 0 radical (unpaired) electrons. The molecular weight excluding hydrogens is 294 g/mol. The lowest BCUT2D eigenvalue weighted by atomic mass is 10.1. The van der Waals surface area contributed by atoms with E-state index in [0.29, 0.717) is 0 Å². The van der Waals surface area contributed by atoms with Crippen molar-refractivity contribution in [2.45, 2.75) is 32.9 Å². The highest BCUT2D eigenvalue weighted by Gasteiger charge is 2.22. The Morgan fingerprint density at radius 3 is 2.78 bits per heavy atom. The van der Waals surface area contributed by atoms with Gasteiger partial charge in [-0.3, -0.25) is 4.68 Å². The Kier molecular flexibility index (Phi) is 4.24. The summed E-state index contributed by atoms with van der Waals surface area (Å²) in [6, 6.07) is 4.06. The molecule has 1 atom stereocenters. The highest BCUT2D eigenvalue weighted by atomic mass is 79.9. The van der Waals surface area contributed by atoms with E-state index < -0.39 is 0 Å². The predicted octanol–water partition coefficient (Wildman–Crippen LogP) is 3.13. The van der Waals surface area contributed by atoms with Gasteiger partial charge in [-0.15, -0.1) is 0 Å². The normalized spacial score (nSPS) is 12.9. The number of nitrogens with zero attached hydrogens (tertiary/aromatic N) is 2. The van der Waals surface area contributed by atoms with Crippen molar-refractivity contribution in [2.24, 2.45) is 0 Å². The summed E-state index contributed by atoms with van der Waals surface area (Å²) in [5.41, 5.74) is 2.24. The summed E-state index contributed by atoms with van der Waals surface area (Å²) in [6.45, 7) is 5.06. The topological polar surface area (TPSA) is 43.0 Å². The largest absolute Gasteiger partial charge is 0.466 e. The van der Waals surface area contributed by atoms with Crippen LogP contribution in [-0.4, -0.2) is 16.8 Å². The van der Waals surface area contributed by atoms with Crippen LogP contribution in [-0.2, 0) is 13.0 Å². The van der Waals surface area contributed by atoms with Gasteiger partial charge in [0.1, 0.15) is 11.8 Å². The van der Waals surface area contributed by atoms with E-state index in [1.807, 2.05) is 17.8 Å². The molecule has 5 heteroatoms. The monoisotopic (exact) mass is 311 g/mol. The van der Waals surface area contributed by atoms with Gasteiger partial charge in [-0.25, -0.2) is 0 Å². The van der Waals surface area contributed by atoms with Crippen LogP contribution in [0, 0.1) is 0 Å². The summed E-state index contributed by atoms with van der Waals surface area (Å²) >= 11 is 3.51. The molecule has 1 unspecified atom stereocenters. The van der Waals surface area contributed by atoms with Gasteiger partial charge in [0.15, 0.2) is 0 Å². The quantitative estimate of drug-likeness (QED) is 0.922. The summed E-state index contributed by atoms with van der Waals surface area (Å²) < 4.78 is 8.56. The Morgan fingerprint density at radius 1 is 1.50 bits per heavy atom. The molecule has 4 nitrogen and oxygen atoms in total. The Morgan fingerprint density at radius 2 is 2.28 bits per heavy atom. The molecule has 2 heterocycles. The van der Waals surface area contributed by atoms with Crippen LogP contribution in [0.2, 0.25) is 0 Å². The first-order valence-electron chi connectivity index (χ1n) is 6.18. The van der Waals surface area contributed by atoms with Crippen molar-refractivity contribution >= 4 is 15.9 Å². The fourth-order valence-electron chi connectivity index (χ4n) is 2.07.